The van der Waals surface area contributed by atoms with Crippen LogP contribution in [0, 0.1) is 0 Å². The zero-order valence-corrected chi connectivity index (χ0v) is 10.2. The largest absolute Gasteiger partial charge is 0.480 e. The van der Waals surface area contributed by atoms with Crippen molar-refractivity contribution < 1.29 is 24.2 Å². The number of aliphatic carboxylic acids is 1. The molecule has 0 aliphatic carbocycles. The SMILES string of the molecule is CCOC(=O)CCN(C)C(=O)NC(C)C(=O)O. The molecule has 0 aromatic rings. The van der Waals surface area contributed by atoms with E-state index in [-0.39, 0.29) is 13.0 Å². The first-order valence-electron chi connectivity index (χ1n) is 5.28. The summed E-state index contributed by atoms with van der Waals surface area (Å²) in [5.41, 5.74) is 0. The summed E-state index contributed by atoms with van der Waals surface area (Å²) in [5.74, 6) is -1.50. The lowest BCUT2D eigenvalue weighted by atomic mass is 10.3. The van der Waals surface area contributed by atoms with Crippen molar-refractivity contribution in [1.29, 1.82) is 0 Å². The van der Waals surface area contributed by atoms with Gasteiger partial charge in [-0.05, 0) is 13.8 Å². The van der Waals surface area contributed by atoms with E-state index in [0.717, 1.165) is 0 Å². The summed E-state index contributed by atoms with van der Waals surface area (Å²) in [6.07, 6.45) is 0.0826. The van der Waals surface area contributed by atoms with Crippen molar-refractivity contribution in [1.82, 2.24) is 10.2 Å². The Balaban J connectivity index is 3.97. The van der Waals surface area contributed by atoms with Crippen LogP contribution in [0.15, 0.2) is 0 Å². The van der Waals surface area contributed by atoms with Crippen LogP contribution in [0.3, 0.4) is 0 Å². The molecule has 0 radical (unpaired) electrons. The molecule has 2 amide bonds. The molecule has 7 heteroatoms. The molecular weight excluding hydrogens is 228 g/mol. The lowest BCUT2D eigenvalue weighted by Gasteiger charge is -2.19. The Morgan fingerprint density at radius 3 is 2.47 bits per heavy atom. The second-order valence-electron chi connectivity index (χ2n) is 3.49. The number of rotatable bonds is 6. The van der Waals surface area contributed by atoms with Crippen molar-refractivity contribution in [2.75, 3.05) is 20.2 Å². The van der Waals surface area contributed by atoms with Gasteiger partial charge >= 0.3 is 18.0 Å². The Morgan fingerprint density at radius 2 is 2.00 bits per heavy atom. The van der Waals surface area contributed by atoms with Crippen molar-refractivity contribution in [3.8, 4) is 0 Å². The van der Waals surface area contributed by atoms with Crippen molar-refractivity contribution in [2.24, 2.45) is 0 Å². The third-order valence-corrected chi connectivity index (χ3v) is 2.01. The second-order valence-corrected chi connectivity index (χ2v) is 3.49. The zero-order chi connectivity index (χ0) is 13.4. The number of amides is 2. The Hall–Kier alpha value is -1.79. The minimum Gasteiger partial charge on any atom is -0.480 e. The number of ether oxygens (including phenoxy) is 1. The number of carboxylic acid groups (broad SMARTS) is 1. The highest BCUT2D eigenvalue weighted by atomic mass is 16.5. The molecule has 0 aliphatic rings. The predicted octanol–water partition coefficient (Wildman–Crippen LogP) is 0.0541. The Kier molecular flexibility index (Phi) is 6.69. The molecule has 0 aromatic heterocycles. The third-order valence-electron chi connectivity index (χ3n) is 2.01. The van der Waals surface area contributed by atoms with Gasteiger partial charge in [0.25, 0.3) is 0 Å². The Labute approximate surface area is 99.7 Å². The fraction of sp³-hybridized carbons (Fsp3) is 0.700. The van der Waals surface area contributed by atoms with Gasteiger partial charge in [0.2, 0.25) is 0 Å². The quantitative estimate of drug-likeness (QED) is 0.646. The van der Waals surface area contributed by atoms with Crippen LogP contribution < -0.4 is 5.32 Å². The molecule has 2 N–H and O–H groups in total. The zero-order valence-electron chi connectivity index (χ0n) is 10.2. The summed E-state index contributed by atoms with van der Waals surface area (Å²) in [6.45, 7) is 3.53. The Morgan fingerprint density at radius 1 is 1.41 bits per heavy atom. The van der Waals surface area contributed by atoms with Crippen molar-refractivity contribution in [3.63, 3.8) is 0 Å². The highest BCUT2D eigenvalue weighted by molar-refractivity contribution is 5.82. The van der Waals surface area contributed by atoms with Crippen molar-refractivity contribution in [2.45, 2.75) is 26.3 Å². The van der Waals surface area contributed by atoms with Gasteiger partial charge in [0.05, 0.1) is 13.0 Å². The Bertz CT molecular complexity index is 292. The van der Waals surface area contributed by atoms with Crippen LogP contribution in [-0.2, 0) is 14.3 Å². The average Bonchev–Trinajstić information content (AvgIpc) is 2.25. The number of carboxylic acids is 1. The van der Waals surface area contributed by atoms with Gasteiger partial charge in [-0.3, -0.25) is 9.59 Å². The number of hydrogen-bond donors (Lipinski definition) is 2. The van der Waals surface area contributed by atoms with Crippen LogP contribution >= 0.6 is 0 Å². The van der Waals surface area contributed by atoms with Gasteiger partial charge in [-0.1, -0.05) is 0 Å². The minimum atomic E-state index is -1.11. The molecule has 0 bridgehead atoms. The van der Waals surface area contributed by atoms with E-state index in [1.54, 1.807) is 6.92 Å². The summed E-state index contributed by atoms with van der Waals surface area (Å²) in [6, 6.07) is -1.50. The summed E-state index contributed by atoms with van der Waals surface area (Å²) in [5, 5.41) is 10.9. The maximum absolute atomic E-state index is 11.4. The van der Waals surface area contributed by atoms with Gasteiger partial charge in [-0.25, -0.2) is 4.79 Å². The summed E-state index contributed by atoms with van der Waals surface area (Å²) >= 11 is 0. The number of esters is 1. The van der Waals surface area contributed by atoms with Crippen LogP contribution in [0.4, 0.5) is 4.79 Å². The van der Waals surface area contributed by atoms with E-state index in [0.29, 0.717) is 6.61 Å². The van der Waals surface area contributed by atoms with Crippen LogP contribution in [0.5, 0.6) is 0 Å². The molecule has 0 aromatic carbocycles. The molecule has 0 aliphatic heterocycles. The summed E-state index contributed by atoms with van der Waals surface area (Å²) in [4.78, 5) is 34.2. The first-order chi connectivity index (χ1) is 7.88. The van der Waals surface area contributed by atoms with Gasteiger partial charge in [0.15, 0.2) is 0 Å². The van der Waals surface area contributed by atoms with Gasteiger partial charge < -0.3 is 20.1 Å². The standard InChI is InChI=1S/C10H18N2O5/c1-4-17-8(13)5-6-12(3)10(16)11-7(2)9(14)15/h7H,4-6H2,1-3H3,(H,11,16)(H,14,15). The third kappa shape index (κ3) is 6.39. The molecule has 98 valence electrons. The molecule has 1 unspecified atom stereocenters. The topological polar surface area (TPSA) is 95.9 Å². The monoisotopic (exact) mass is 246 g/mol. The maximum atomic E-state index is 11.4. The first-order valence-corrected chi connectivity index (χ1v) is 5.28. The smallest absolute Gasteiger partial charge is 0.325 e. The molecule has 0 rings (SSSR count). The molecule has 0 saturated heterocycles. The fourth-order valence-electron chi connectivity index (χ4n) is 0.951. The van der Waals surface area contributed by atoms with Gasteiger partial charge in [-0.2, -0.15) is 0 Å². The minimum absolute atomic E-state index is 0.0826. The molecule has 0 heterocycles. The molecule has 0 spiro atoms. The number of carbonyl (C=O) groups is 3. The van der Waals surface area contributed by atoms with Gasteiger partial charge in [0, 0.05) is 13.6 Å². The van der Waals surface area contributed by atoms with Gasteiger partial charge in [-0.15, -0.1) is 0 Å². The maximum Gasteiger partial charge on any atom is 0.325 e. The van der Waals surface area contributed by atoms with E-state index in [1.807, 2.05) is 0 Å². The number of nitrogens with zero attached hydrogens (tertiary/aromatic N) is 1. The molecular formula is C10H18N2O5. The molecule has 0 saturated carbocycles. The van der Waals surface area contributed by atoms with E-state index >= 15 is 0 Å². The average molecular weight is 246 g/mol. The molecule has 1 atom stereocenters. The lowest BCUT2D eigenvalue weighted by Crippen LogP contribution is -2.45. The normalized spacial score (nSPS) is 11.5. The first kappa shape index (κ1) is 15.2. The highest BCUT2D eigenvalue weighted by Crippen LogP contribution is 1.93. The van der Waals surface area contributed by atoms with E-state index in [1.165, 1.54) is 18.9 Å². The fourth-order valence-corrected chi connectivity index (χ4v) is 0.951. The van der Waals surface area contributed by atoms with Gasteiger partial charge in [0.1, 0.15) is 6.04 Å². The van der Waals surface area contributed by atoms with Crippen LogP contribution in [0.1, 0.15) is 20.3 Å². The second kappa shape index (κ2) is 7.48. The highest BCUT2D eigenvalue weighted by Gasteiger charge is 2.17. The summed E-state index contributed by atoms with van der Waals surface area (Å²) in [7, 11) is 1.48. The lowest BCUT2D eigenvalue weighted by molar-refractivity contribution is -0.143. The number of urea groups is 1. The predicted molar refractivity (Wildman–Crippen MR) is 59.5 cm³/mol. The van der Waals surface area contributed by atoms with Crippen LogP contribution in [0.2, 0.25) is 0 Å². The number of hydrogen-bond acceptors (Lipinski definition) is 4. The van der Waals surface area contributed by atoms with Crippen molar-refractivity contribution in [3.05, 3.63) is 0 Å². The van der Waals surface area contributed by atoms with E-state index in [2.05, 4.69) is 5.32 Å². The molecule has 17 heavy (non-hydrogen) atoms. The molecule has 7 nitrogen and oxygen atoms in total. The van der Waals surface area contributed by atoms with E-state index < -0.39 is 24.0 Å². The number of nitrogens with one attached hydrogen (secondary N) is 1. The summed E-state index contributed by atoms with van der Waals surface area (Å²) < 4.78 is 4.70. The van der Waals surface area contributed by atoms with Crippen LogP contribution in [0.25, 0.3) is 0 Å². The van der Waals surface area contributed by atoms with E-state index in [4.69, 9.17) is 9.84 Å². The number of carbonyl (C=O) groups excluding carboxylic acids is 2. The molecule has 0 fully saturated rings. The van der Waals surface area contributed by atoms with E-state index in [9.17, 15) is 14.4 Å². The van der Waals surface area contributed by atoms with Crippen molar-refractivity contribution >= 4 is 18.0 Å². The van der Waals surface area contributed by atoms with Crippen LogP contribution in [-0.4, -0.2) is 54.2 Å².